The lowest BCUT2D eigenvalue weighted by molar-refractivity contribution is 0.362. The Morgan fingerprint density at radius 1 is 1.30 bits per heavy atom. The molecule has 0 aromatic carbocycles. The Morgan fingerprint density at radius 2 is 1.80 bits per heavy atom. The molecule has 10 heavy (non-hydrogen) atoms. The quantitative estimate of drug-likeness (QED) is 0.494. The van der Waals surface area contributed by atoms with Gasteiger partial charge in [0.15, 0.2) is 0 Å². The van der Waals surface area contributed by atoms with Gasteiger partial charge < -0.3 is 0 Å². The van der Waals surface area contributed by atoms with Gasteiger partial charge in [0.05, 0.1) is 0 Å². The van der Waals surface area contributed by atoms with Crippen molar-refractivity contribution in [1.82, 2.24) is 0 Å². The normalized spacial score (nSPS) is 33.6. The van der Waals surface area contributed by atoms with Gasteiger partial charge in [-0.25, -0.2) is 0 Å². The third kappa shape index (κ3) is 2.75. The minimum absolute atomic E-state index is 0.740. The summed E-state index contributed by atoms with van der Waals surface area (Å²) < 4.78 is 0. The predicted molar refractivity (Wildman–Crippen MR) is 53.6 cm³/mol. The highest BCUT2D eigenvalue weighted by molar-refractivity contribution is 9.09. The predicted octanol–water partition coefficient (Wildman–Crippen LogP) is 3.50. The summed E-state index contributed by atoms with van der Waals surface area (Å²) in [6.07, 6.45) is 2.87. The maximum absolute atomic E-state index is 3.62. The first-order valence-corrected chi connectivity index (χ1v) is 8.74. The van der Waals surface area contributed by atoms with Gasteiger partial charge in [0.25, 0.3) is 0 Å². The van der Waals surface area contributed by atoms with E-state index < -0.39 is 8.07 Å². The molecule has 1 aliphatic carbocycles. The largest absolute Gasteiger partial charge is 0.0890 e. The molecule has 0 aromatic heterocycles. The van der Waals surface area contributed by atoms with Crippen molar-refractivity contribution in [2.75, 3.05) is 0 Å². The summed E-state index contributed by atoms with van der Waals surface area (Å²) in [7, 11) is -0.740. The third-order valence-electron chi connectivity index (χ3n) is 2.08. The Bertz CT molecular complexity index is 111. The zero-order valence-corrected chi connectivity index (χ0v) is 9.74. The molecule has 0 amide bonds. The number of alkyl halides is 1. The van der Waals surface area contributed by atoms with Gasteiger partial charge in [-0.2, -0.15) is 0 Å². The van der Waals surface area contributed by atoms with E-state index in [9.17, 15) is 0 Å². The van der Waals surface area contributed by atoms with Crippen LogP contribution in [0.5, 0.6) is 0 Å². The van der Waals surface area contributed by atoms with Crippen LogP contribution in [0.2, 0.25) is 25.7 Å². The Hall–Kier alpha value is 0.697. The Morgan fingerprint density at radius 3 is 2.10 bits per heavy atom. The van der Waals surface area contributed by atoms with Crippen LogP contribution in [0, 0.1) is 5.92 Å². The molecule has 1 aliphatic rings. The highest BCUT2D eigenvalue weighted by atomic mass is 79.9. The molecule has 60 valence electrons. The maximum atomic E-state index is 3.62. The lowest BCUT2D eigenvalue weighted by Gasteiger charge is -2.35. The van der Waals surface area contributed by atoms with E-state index in [1.165, 1.54) is 18.9 Å². The second kappa shape index (κ2) is 2.98. The molecule has 0 N–H and O–H groups in total. The highest BCUT2D eigenvalue weighted by Gasteiger charge is 2.30. The number of rotatable bonds is 2. The van der Waals surface area contributed by atoms with Gasteiger partial charge in [0.2, 0.25) is 0 Å². The molecule has 0 atom stereocenters. The van der Waals surface area contributed by atoms with Crippen LogP contribution >= 0.6 is 15.9 Å². The highest BCUT2D eigenvalue weighted by Crippen LogP contribution is 2.38. The first kappa shape index (κ1) is 8.79. The van der Waals surface area contributed by atoms with Crippen LogP contribution in [0.3, 0.4) is 0 Å². The van der Waals surface area contributed by atoms with E-state index in [0.29, 0.717) is 0 Å². The SMILES string of the molecule is C[Si](C)(C)CC1CC(Br)C1. The lowest BCUT2D eigenvalue weighted by atomic mass is 9.87. The van der Waals surface area contributed by atoms with E-state index in [2.05, 4.69) is 35.6 Å². The van der Waals surface area contributed by atoms with Crippen LogP contribution in [-0.4, -0.2) is 12.9 Å². The summed E-state index contributed by atoms with van der Waals surface area (Å²) in [5.41, 5.74) is 0. The van der Waals surface area contributed by atoms with Crippen LogP contribution in [0.25, 0.3) is 0 Å². The van der Waals surface area contributed by atoms with Crippen molar-refractivity contribution in [3.8, 4) is 0 Å². The van der Waals surface area contributed by atoms with Gasteiger partial charge in [-0.05, 0) is 18.8 Å². The maximum Gasteiger partial charge on any atom is 0.0445 e. The molecule has 0 heterocycles. The van der Waals surface area contributed by atoms with Crippen LogP contribution in [-0.2, 0) is 0 Å². The van der Waals surface area contributed by atoms with Crippen LogP contribution < -0.4 is 0 Å². The molecule has 0 aliphatic heterocycles. The van der Waals surface area contributed by atoms with Crippen molar-refractivity contribution < 1.29 is 0 Å². The molecule has 0 bridgehead atoms. The average Bonchev–Trinajstić information content (AvgIpc) is 1.57. The van der Waals surface area contributed by atoms with Gasteiger partial charge >= 0.3 is 0 Å². The van der Waals surface area contributed by atoms with Gasteiger partial charge in [0.1, 0.15) is 0 Å². The summed E-state index contributed by atoms with van der Waals surface area (Å²) in [6, 6.07) is 1.54. The fraction of sp³-hybridized carbons (Fsp3) is 1.00. The smallest absolute Gasteiger partial charge is 0.0445 e. The van der Waals surface area contributed by atoms with E-state index in [-0.39, 0.29) is 0 Å². The molecule has 1 rings (SSSR count). The van der Waals surface area contributed by atoms with E-state index >= 15 is 0 Å². The molecule has 0 unspecified atom stereocenters. The summed E-state index contributed by atoms with van der Waals surface area (Å²) in [4.78, 5) is 0.855. The summed E-state index contributed by atoms with van der Waals surface area (Å²) >= 11 is 3.62. The van der Waals surface area contributed by atoms with E-state index in [1.54, 1.807) is 0 Å². The first-order valence-electron chi connectivity index (χ1n) is 4.11. The topological polar surface area (TPSA) is 0 Å². The number of halogens is 1. The Kier molecular flexibility index (Phi) is 2.62. The van der Waals surface area contributed by atoms with Gasteiger partial charge in [-0.1, -0.05) is 41.6 Å². The van der Waals surface area contributed by atoms with Crippen molar-refractivity contribution in [3.05, 3.63) is 0 Å². The second-order valence-electron chi connectivity index (χ2n) is 4.70. The van der Waals surface area contributed by atoms with E-state index in [0.717, 1.165) is 10.7 Å². The summed E-state index contributed by atoms with van der Waals surface area (Å²) in [6.45, 7) is 7.40. The minimum atomic E-state index is -0.740. The zero-order valence-electron chi connectivity index (χ0n) is 7.15. The Labute approximate surface area is 73.5 Å². The fourth-order valence-electron chi connectivity index (χ4n) is 1.69. The van der Waals surface area contributed by atoms with Crippen LogP contribution in [0.15, 0.2) is 0 Å². The van der Waals surface area contributed by atoms with Crippen LogP contribution in [0.1, 0.15) is 12.8 Å². The van der Waals surface area contributed by atoms with Crippen molar-refractivity contribution in [2.24, 2.45) is 5.92 Å². The van der Waals surface area contributed by atoms with Crippen molar-refractivity contribution in [3.63, 3.8) is 0 Å². The minimum Gasteiger partial charge on any atom is -0.0890 e. The number of hydrogen-bond donors (Lipinski definition) is 0. The Balaban J connectivity index is 2.16. The third-order valence-corrected chi connectivity index (χ3v) is 4.63. The molecular formula is C8H17BrSi. The molecule has 2 heteroatoms. The molecule has 0 radical (unpaired) electrons. The lowest BCUT2D eigenvalue weighted by Crippen LogP contribution is -2.32. The first-order chi connectivity index (χ1) is 4.47. The average molecular weight is 221 g/mol. The molecule has 1 saturated carbocycles. The monoisotopic (exact) mass is 220 g/mol. The molecule has 0 saturated heterocycles. The fourth-order valence-corrected chi connectivity index (χ4v) is 4.81. The molecule has 0 aromatic rings. The van der Waals surface area contributed by atoms with E-state index in [4.69, 9.17) is 0 Å². The number of hydrogen-bond acceptors (Lipinski definition) is 0. The molecule has 0 spiro atoms. The second-order valence-corrected chi connectivity index (χ2v) is 11.5. The van der Waals surface area contributed by atoms with Crippen molar-refractivity contribution >= 4 is 24.0 Å². The van der Waals surface area contributed by atoms with Crippen LogP contribution in [0.4, 0.5) is 0 Å². The molecule has 1 fully saturated rings. The summed E-state index contributed by atoms with van der Waals surface area (Å²) in [5, 5.41) is 0. The van der Waals surface area contributed by atoms with Crippen molar-refractivity contribution in [1.29, 1.82) is 0 Å². The summed E-state index contributed by atoms with van der Waals surface area (Å²) in [5.74, 6) is 1.07. The molecule has 0 nitrogen and oxygen atoms in total. The van der Waals surface area contributed by atoms with E-state index in [1.807, 2.05) is 0 Å². The van der Waals surface area contributed by atoms with Crippen molar-refractivity contribution in [2.45, 2.75) is 43.4 Å². The standard InChI is InChI=1S/C8H17BrSi/c1-10(2,3)6-7-4-8(9)5-7/h7-8H,4-6H2,1-3H3. The van der Waals surface area contributed by atoms with Gasteiger partial charge in [-0.15, -0.1) is 0 Å². The molecular weight excluding hydrogens is 204 g/mol. The zero-order chi connectivity index (χ0) is 7.78. The van der Waals surface area contributed by atoms with Gasteiger partial charge in [0, 0.05) is 12.9 Å². The van der Waals surface area contributed by atoms with Gasteiger partial charge in [-0.3, -0.25) is 0 Å².